The van der Waals surface area contributed by atoms with Crippen LogP contribution in [-0.2, 0) is 28.5 Å². The van der Waals surface area contributed by atoms with Gasteiger partial charge in [-0.1, -0.05) is 24.8 Å². The fraction of sp³-hybridized carbons (Fsp3) is 0.808. The summed E-state index contributed by atoms with van der Waals surface area (Å²) in [5, 5.41) is 10.2. The minimum Gasteiger partial charge on any atom is -0.461 e. The molecule has 1 N–H and O–H groups in total. The van der Waals surface area contributed by atoms with Gasteiger partial charge in [0.2, 0.25) is 0 Å². The van der Waals surface area contributed by atoms with Crippen molar-refractivity contribution >= 4 is 5.97 Å². The minimum absolute atomic E-state index is 0.00245. The normalized spacial score (nSPS) is 32.8. The van der Waals surface area contributed by atoms with Crippen LogP contribution in [-0.4, -0.2) is 62.3 Å². The number of carbonyl (C=O) groups is 1. The van der Waals surface area contributed by atoms with Crippen molar-refractivity contribution in [1.29, 1.82) is 0 Å². The topological polar surface area (TPSA) is 83.5 Å². The number of ether oxygens (including phenoxy) is 5. The Hall–Kier alpha value is -1.25. The van der Waals surface area contributed by atoms with E-state index in [0.717, 1.165) is 77.4 Å². The molecular formula is C26H42O7. The summed E-state index contributed by atoms with van der Waals surface area (Å²) in [7, 11) is 0. The van der Waals surface area contributed by atoms with Crippen molar-refractivity contribution in [3.05, 3.63) is 24.8 Å². The number of hydrogen-bond donors (Lipinski definition) is 1. The second-order valence-corrected chi connectivity index (χ2v) is 9.26. The molecule has 0 aromatic rings. The van der Waals surface area contributed by atoms with Gasteiger partial charge >= 0.3 is 5.97 Å². The summed E-state index contributed by atoms with van der Waals surface area (Å²) >= 11 is 0. The summed E-state index contributed by atoms with van der Waals surface area (Å²) in [5.74, 6) is -0.0316. The van der Waals surface area contributed by atoms with Gasteiger partial charge in [0.1, 0.15) is 6.61 Å². The average molecular weight is 467 g/mol. The van der Waals surface area contributed by atoms with Crippen LogP contribution in [0.25, 0.3) is 0 Å². The standard InChI is InChI=1S/C26H42O7/c1-2-15-29-24(28)12-6-4-3-5-11-20-21(19-27)23(33-26-14-8-10-17-31-26)18-22(20)32-25-13-7-9-16-30-25/h2-3,5,20-23,25-27H,1,4,6-19H2/t20-,21-,22+,23-,25?,26?/m1/s1. The van der Waals surface area contributed by atoms with Crippen LogP contribution in [0.2, 0.25) is 0 Å². The molecule has 6 atom stereocenters. The Balaban J connectivity index is 1.52. The van der Waals surface area contributed by atoms with Crippen LogP contribution in [0, 0.1) is 11.8 Å². The first-order chi connectivity index (χ1) is 16.2. The summed E-state index contributed by atoms with van der Waals surface area (Å²) < 4.78 is 29.4. The molecule has 0 aromatic carbocycles. The van der Waals surface area contributed by atoms with Gasteiger partial charge in [-0.3, -0.25) is 4.79 Å². The largest absolute Gasteiger partial charge is 0.461 e. The number of hydrogen-bond acceptors (Lipinski definition) is 7. The predicted octanol–water partition coefficient (Wildman–Crippen LogP) is 4.28. The van der Waals surface area contributed by atoms with E-state index in [1.807, 2.05) is 0 Å². The molecule has 0 radical (unpaired) electrons. The number of allylic oxidation sites excluding steroid dienone is 2. The Morgan fingerprint density at radius 1 is 0.970 bits per heavy atom. The van der Waals surface area contributed by atoms with Crippen molar-refractivity contribution in [2.75, 3.05) is 26.4 Å². The highest BCUT2D eigenvalue weighted by molar-refractivity contribution is 5.69. The molecule has 2 unspecified atom stereocenters. The van der Waals surface area contributed by atoms with Crippen LogP contribution < -0.4 is 0 Å². The van der Waals surface area contributed by atoms with Crippen LogP contribution in [0.3, 0.4) is 0 Å². The zero-order valence-electron chi connectivity index (χ0n) is 19.9. The molecule has 7 heteroatoms. The van der Waals surface area contributed by atoms with E-state index >= 15 is 0 Å². The van der Waals surface area contributed by atoms with Gasteiger partial charge < -0.3 is 28.8 Å². The van der Waals surface area contributed by atoms with E-state index in [2.05, 4.69) is 18.7 Å². The molecular weight excluding hydrogens is 424 g/mol. The third kappa shape index (κ3) is 8.80. The molecule has 1 saturated carbocycles. The fourth-order valence-corrected chi connectivity index (χ4v) is 5.01. The molecule has 0 amide bonds. The first kappa shape index (κ1) is 26.4. The zero-order valence-corrected chi connectivity index (χ0v) is 19.9. The molecule has 2 heterocycles. The maximum atomic E-state index is 11.6. The molecule has 1 aliphatic carbocycles. The van der Waals surface area contributed by atoms with Gasteiger partial charge in [0.05, 0.1) is 12.2 Å². The third-order valence-corrected chi connectivity index (χ3v) is 6.80. The highest BCUT2D eigenvalue weighted by Gasteiger charge is 2.45. The maximum Gasteiger partial charge on any atom is 0.306 e. The number of unbranched alkanes of at least 4 members (excludes halogenated alkanes) is 1. The average Bonchev–Trinajstić information content (AvgIpc) is 3.16. The van der Waals surface area contributed by atoms with Crippen LogP contribution >= 0.6 is 0 Å². The number of esters is 1. The fourth-order valence-electron chi connectivity index (χ4n) is 5.01. The third-order valence-electron chi connectivity index (χ3n) is 6.80. The Labute approximate surface area is 198 Å². The second kappa shape index (κ2) is 14.9. The lowest BCUT2D eigenvalue weighted by Gasteiger charge is -2.30. The van der Waals surface area contributed by atoms with Crippen molar-refractivity contribution in [3.63, 3.8) is 0 Å². The molecule has 2 aliphatic heterocycles. The van der Waals surface area contributed by atoms with Crippen molar-refractivity contribution in [1.82, 2.24) is 0 Å². The van der Waals surface area contributed by atoms with E-state index in [0.29, 0.717) is 6.42 Å². The molecule has 2 saturated heterocycles. The second-order valence-electron chi connectivity index (χ2n) is 9.26. The van der Waals surface area contributed by atoms with Gasteiger partial charge in [0, 0.05) is 38.6 Å². The zero-order chi connectivity index (χ0) is 23.3. The molecule has 0 spiro atoms. The van der Waals surface area contributed by atoms with Crippen LogP contribution in [0.5, 0.6) is 0 Å². The first-order valence-corrected chi connectivity index (χ1v) is 12.8. The van der Waals surface area contributed by atoms with Gasteiger partial charge in [-0.15, -0.1) is 0 Å². The number of aliphatic hydroxyl groups excluding tert-OH is 1. The number of carbonyl (C=O) groups excluding carboxylic acids is 1. The molecule has 3 rings (SSSR count). The molecule has 3 aliphatic rings. The molecule has 3 fully saturated rings. The highest BCUT2D eigenvalue weighted by atomic mass is 16.7. The molecule has 0 aromatic heterocycles. The molecule has 188 valence electrons. The Bertz CT molecular complexity index is 595. The first-order valence-electron chi connectivity index (χ1n) is 12.8. The Morgan fingerprint density at radius 2 is 1.64 bits per heavy atom. The monoisotopic (exact) mass is 466 g/mol. The summed E-state index contributed by atoms with van der Waals surface area (Å²) in [5.41, 5.74) is 0. The lowest BCUT2D eigenvalue weighted by molar-refractivity contribution is -0.204. The van der Waals surface area contributed by atoms with Gasteiger partial charge in [-0.05, 0) is 63.7 Å². The van der Waals surface area contributed by atoms with E-state index in [1.54, 1.807) is 6.08 Å². The van der Waals surface area contributed by atoms with E-state index in [-0.39, 0.29) is 55.8 Å². The summed E-state index contributed by atoms with van der Waals surface area (Å²) in [6.45, 7) is 5.36. The Kier molecular flexibility index (Phi) is 11.9. The van der Waals surface area contributed by atoms with Crippen molar-refractivity contribution in [2.24, 2.45) is 11.8 Å². The van der Waals surface area contributed by atoms with E-state index in [1.165, 1.54) is 0 Å². The van der Waals surface area contributed by atoms with Crippen LogP contribution in [0.4, 0.5) is 0 Å². The number of aliphatic hydroxyl groups is 1. The molecule has 7 nitrogen and oxygen atoms in total. The van der Waals surface area contributed by atoms with Crippen molar-refractivity contribution in [3.8, 4) is 0 Å². The summed E-state index contributed by atoms with van der Waals surface area (Å²) in [6.07, 6.45) is 15.1. The highest BCUT2D eigenvalue weighted by Crippen LogP contribution is 2.41. The predicted molar refractivity (Wildman–Crippen MR) is 124 cm³/mol. The van der Waals surface area contributed by atoms with Gasteiger partial charge in [-0.2, -0.15) is 0 Å². The Morgan fingerprint density at radius 3 is 2.21 bits per heavy atom. The quantitative estimate of drug-likeness (QED) is 0.246. The van der Waals surface area contributed by atoms with Gasteiger partial charge in [0.25, 0.3) is 0 Å². The molecule has 0 bridgehead atoms. The van der Waals surface area contributed by atoms with Crippen LogP contribution in [0.15, 0.2) is 24.8 Å². The van der Waals surface area contributed by atoms with Crippen molar-refractivity contribution in [2.45, 2.75) is 95.4 Å². The smallest absolute Gasteiger partial charge is 0.306 e. The van der Waals surface area contributed by atoms with Gasteiger partial charge in [0.15, 0.2) is 12.6 Å². The lowest BCUT2D eigenvalue weighted by Crippen LogP contribution is -2.33. The van der Waals surface area contributed by atoms with E-state index in [4.69, 9.17) is 23.7 Å². The van der Waals surface area contributed by atoms with E-state index in [9.17, 15) is 9.90 Å². The lowest BCUT2D eigenvalue weighted by atomic mass is 9.90. The SMILES string of the molecule is C=CCOC(=O)CCCC=CC[C@@H]1[C@@H](CO)[C@H](OC2CCCCO2)C[C@@H]1OC1CCCCO1. The van der Waals surface area contributed by atoms with E-state index < -0.39 is 0 Å². The minimum atomic E-state index is -0.190. The molecule has 33 heavy (non-hydrogen) atoms. The summed E-state index contributed by atoms with van der Waals surface area (Å²) in [6, 6.07) is 0. The van der Waals surface area contributed by atoms with Crippen LogP contribution in [0.1, 0.15) is 70.6 Å². The summed E-state index contributed by atoms with van der Waals surface area (Å²) in [4.78, 5) is 11.6. The maximum absolute atomic E-state index is 11.6. The number of rotatable bonds is 13. The van der Waals surface area contributed by atoms with Crippen molar-refractivity contribution < 1.29 is 33.6 Å². The van der Waals surface area contributed by atoms with Gasteiger partial charge in [-0.25, -0.2) is 0 Å².